The fraction of sp³-hybridized carbons (Fsp3) is 0.500. The second-order valence-corrected chi connectivity index (χ2v) is 2.86. The molecule has 0 amide bonds. The summed E-state index contributed by atoms with van der Waals surface area (Å²) >= 11 is 0. The van der Waals surface area contributed by atoms with E-state index in [2.05, 4.69) is 11.3 Å². The minimum absolute atomic E-state index is 0.267. The van der Waals surface area contributed by atoms with Gasteiger partial charge in [0.2, 0.25) is 0 Å². The number of carbonyl (C=O) groups excluding carboxylic acids is 1. The maximum atomic E-state index is 11.2. The number of rotatable bonds is 5. The third-order valence-corrected chi connectivity index (χ3v) is 1.52. The molecule has 0 spiro atoms. The number of ether oxygens (including phenoxy) is 2. The molecule has 0 aliphatic rings. The van der Waals surface area contributed by atoms with Crippen molar-refractivity contribution in [1.29, 1.82) is 0 Å². The first-order valence-electron chi connectivity index (χ1n) is 4.03. The lowest BCUT2D eigenvalue weighted by Gasteiger charge is -2.09. The highest BCUT2D eigenvalue weighted by Gasteiger charge is 2.15. The number of esters is 1. The summed E-state index contributed by atoms with van der Waals surface area (Å²) in [5.74, 6) is -0.557. The molecule has 0 saturated heterocycles. The summed E-state index contributed by atoms with van der Waals surface area (Å²) in [5.41, 5.74) is 0.941. The first kappa shape index (κ1) is 11.8. The molecule has 3 heteroatoms. The zero-order valence-electron chi connectivity index (χ0n) is 8.37. The molecule has 0 aromatic carbocycles. The van der Waals surface area contributed by atoms with Crippen LogP contribution in [0.1, 0.15) is 13.3 Å². The van der Waals surface area contributed by atoms with Gasteiger partial charge in [-0.15, -0.1) is 6.58 Å². The Morgan fingerprint density at radius 3 is 2.54 bits per heavy atom. The normalized spacial score (nSPS) is 12.5. The highest BCUT2D eigenvalue weighted by atomic mass is 16.5. The zero-order valence-corrected chi connectivity index (χ0v) is 8.37. The van der Waals surface area contributed by atoms with Crippen LogP contribution >= 0.6 is 0 Å². The molecule has 1 unspecified atom stereocenters. The molecule has 0 aromatic rings. The molecule has 0 bridgehead atoms. The summed E-state index contributed by atoms with van der Waals surface area (Å²) < 4.78 is 9.35. The highest BCUT2D eigenvalue weighted by Crippen LogP contribution is 2.13. The van der Waals surface area contributed by atoms with Crippen LogP contribution in [0.25, 0.3) is 0 Å². The quantitative estimate of drug-likeness (QED) is 0.372. The Morgan fingerprint density at radius 2 is 2.15 bits per heavy atom. The first-order chi connectivity index (χ1) is 6.11. The molecule has 0 heterocycles. The SMILES string of the molecule is C=C(C)CC(/C=C\OC)C(=O)OC. The Balaban J connectivity index is 4.27. The lowest BCUT2D eigenvalue weighted by Crippen LogP contribution is -2.14. The molecule has 0 aliphatic carbocycles. The summed E-state index contributed by atoms with van der Waals surface area (Å²) in [6, 6.07) is 0. The molecule has 13 heavy (non-hydrogen) atoms. The molecule has 0 N–H and O–H groups in total. The highest BCUT2D eigenvalue weighted by molar-refractivity contribution is 5.74. The Kier molecular flexibility index (Phi) is 5.68. The molecular formula is C10H16O3. The van der Waals surface area contributed by atoms with E-state index in [0.717, 1.165) is 5.57 Å². The standard InChI is InChI=1S/C10H16O3/c1-8(2)7-9(5-6-12-3)10(11)13-4/h5-6,9H,1,7H2,2-4H3/b6-5-. The Hall–Kier alpha value is -1.25. The van der Waals surface area contributed by atoms with E-state index in [1.54, 1.807) is 6.08 Å². The van der Waals surface area contributed by atoms with E-state index < -0.39 is 0 Å². The summed E-state index contributed by atoms with van der Waals surface area (Å²) in [4.78, 5) is 11.2. The second-order valence-electron chi connectivity index (χ2n) is 2.86. The summed E-state index contributed by atoms with van der Waals surface area (Å²) in [6.45, 7) is 5.61. The van der Waals surface area contributed by atoms with E-state index in [4.69, 9.17) is 4.74 Å². The molecule has 3 nitrogen and oxygen atoms in total. The van der Waals surface area contributed by atoms with Crippen LogP contribution in [0.15, 0.2) is 24.5 Å². The van der Waals surface area contributed by atoms with Gasteiger partial charge in [-0.05, 0) is 19.4 Å². The van der Waals surface area contributed by atoms with Crippen LogP contribution in [0.2, 0.25) is 0 Å². The minimum Gasteiger partial charge on any atom is -0.505 e. The van der Waals surface area contributed by atoms with Crippen LogP contribution in [-0.2, 0) is 14.3 Å². The van der Waals surface area contributed by atoms with Crippen molar-refractivity contribution < 1.29 is 14.3 Å². The summed E-state index contributed by atoms with van der Waals surface area (Å²) in [6.07, 6.45) is 3.73. The van der Waals surface area contributed by atoms with Gasteiger partial charge < -0.3 is 9.47 Å². The van der Waals surface area contributed by atoms with Crippen LogP contribution in [-0.4, -0.2) is 20.2 Å². The maximum Gasteiger partial charge on any atom is 0.312 e. The van der Waals surface area contributed by atoms with Crippen LogP contribution in [0, 0.1) is 5.92 Å². The molecule has 0 aliphatic heterocycles. The average molecular weight is 184 g/mol. The van der Waals surface area contributed by atoms with E-state index in [-0.39, 0.29) is 11.9 Å². The third-order valence-electron chi connectivity index (χ3n) is 1.52. The Labute approximate surface area is 79.0 Å². The van der Waals surface area contributed by atoms with Crippen molar-refractivity contribution in [2.75, 3.05) is 14.2 Å². The van der Waals surface area contributed by atoms with Crippen LogP contribution in [0.4, 0.5) is 0 Å². The van der Waals surface area contributed by atoms with Crippen molar-refractivity contribution in [3.8, 4) is 0 Å². The number of methoxy groups -OCH3 is 2. The van der Waals surface area contributed by atoms with Crippen molar-refractivity contribution >= 4 is 5.97 Å². The summed E-state index contributed by atoms with van der Waals surface area (Å²) in [7, 11) is 2.90. The number of hydrogen-bond donors (Lipinski definition) is 0. The van der Waals surface area contributed by atoms with Gasteiger partial charge in [-0.2, -0.15) is 0 Å². The van der Waals surface area contributed by atoms with Crippen molar-refractivity contribution in [2.24, 2.45) is 5.92 Å². The minimum atomic E-state index is -0.289. The fourth-order valence-electron chi connectivity index (χ4n) is 0.930. The van der Waals surface area contributed by atoms with E-state index in [1.165, 1.54) is 20.5 Å². The van der Waals surface area contributed by atoms with Gasteiger partial charge in [0.05, 0.1) is 26.4 Å². The predicted molar refractivity (Wildman–Crippen MR) is 51.1 cm³/mol. The van der Waals surface area contributed by atoms with Gasteiger partial charge in [0, 0.05) is 0 Å². The predicted octanol–water partition coefficient (Wildman–Crippen LogP) is 1.90. The number of allylic oxidation sites excluding steroid dienone is 1. The lowest BCUT2D eigenvalue weighted by atomic mass is 10.0. The molecule has 0 aromatic heterocycles. The summed E-state index contributed by atoms with van der Waals surface area (Å²) in [5, 5.41) is 0. The molecule has 1 atom stereocenters. The molecular weight excluding hydrogens is 168 g/mol. The maximum absolute atomic E-state index is 11.2. The topological polar surface area (TPSA) is 35.5 Å². The van der Waals surface area contributed by atoms with Crippen molar-refractivity contribution in [2.45, 2.75) is 13.3 Å². The van der Waals surface area contributed by atoms with Gasteiger partial charge in [0.25, 0.3) is 0 Å². The second kappa shape index (κ2) is 6.29. The first-order valence-corrected chi connectivity index (χ1v) is 4.03. The number of carbonyl (C=O) groups is 1. The lowest BCUT2D eigenvalue weighted by molar-refractivity contribution is -0.143. The van der Waals surface area contributed by atoms with Gasteiger partial charge in [0.1, 0.15) is 0 Å². The van der Waals surface area contributed by atoms with Crippen LogP contribution < -0.4 is 0 Å². The van der Waals surface area contributed by atoms with Crippen molar-refractivity contribution in [3.05, 3.63) is 24.5 Å². The zero-order chi connectivity index (χ0) is 10.3. The van der Waals surface area contributed by atoms with Gasteiger partial charge in [0.15, 0.2) is 0 Å². The van der Waals surface area contributed by atoms with Crippen molar-refractivity contribution in [1.82, 2.24) is 0 Å². The smallest absolute Gasteiger partial charge is 0.312 e. The molecule has 74 valence electrons. The third kappa shape index (κ3) is 5.06. The molecule has 0 rings (SSSR count). The molecule has 0 saturated carbocycles. The monoisotopic (exact) mass is 184 g/mol. The van der Waals surface area contributed by atoms with Gasteiger partial charge in [-0.3, -0.25) is 4.79 Å². The molecule has 0 radical (unpaired) electrons. The van der Waals surface area contributed by atoms with Crippen molar-refractivity contribution in [3.63, 3.8) is 0 Å². The van der Waals surface area contributed by atoms with Crippen LogP contribution in [0.3, 0.4) is 0 Å². The van der Waals surface area contributed by atoms with Gasteiger partial charge >= 0.3 is 5.97 Å². The van der Waals surface area contributed by atoms with Gasteiger partial charge in [-0.1, -0.05) is 5.57 Å². The Morgan fingerprint density at radius 1 is 1.54 bits per heavy atom. The van der Waals surface area contributed by atoms with E-state index >= 15 is 0 Å². The fourth-order valence-corrected chi connectivity index (χ4v) is 0.930. The average Bonchev–Trinajstić information content (AvgIpc) is 2.10. The van der Waals surface area contributed by atoms with E-state index in [0.29, 0.717) is 6.42 Å². The molecule has 0 fully saturated rings. The number of hydrogen-bond acceptors (Lipinski definition) is 3. The Bertz CT molecular complexity index is 206. The van der Waals surface area contributed by atoms with Crippen LogP contribution in [0.5, 0.6) is 0 Å². The van der Waals surface area contributed by atoms with Gasteiger partial charge in [-0.25, -0.2) is 0 Å². The van der Waals surface area contributed by atoms with E-state index in [1.807, 2.05) is 6.92 Å². The van der Waals surface area contributed by atoms with E-state index in [9.17, 15) is 4.79 Å². The largest absolute Gasteiger partial charge is 0.505 e.